The number of amides is 1. The van der Waals surface area contributed by atoms with Crippen molar-refractivity contribution in [2.24, 2.45) is 0 Å². The molecule has 6 nitrogen and oxygen atoms in total. The van der Waals surface area contributed by atoms with Crippen LogP contribution >= 0.6 is 0 Å². The van der Waals surface area contributed by atoms with E-state index in [1.807, 2.05) is 17.0 Å². The first-order chi connectivity index (χ1) is 15.2. The largest absolute Gasteiger partial charge is 0.369 e. The molecule has 0 bridgehead atoms. The highest BCUT2D eigenvalue weighted by atomic mass is 19.1. The molecule has 2 aromatic carbocycles. The average Bonchev–Trinajstić information content (AvgIpc) is 2.83. The van der Waals surface area contributed by atoms with Gasteiger partial charge in [-0.1, -0.05) is 18.2 Å². The smallest absolute Gasteiger partial charge is 0.243 e. The van der Waals surface area contributed by atoms with Crippen LogP contribution in [0, 0.1) is 17.1 Å². The Kier molecular flexibility index (Phi) is 6.68. The molecule has 0 aliphatic carbocycles. The summed E-state index contributed by atoms with van der Waals surface area (Å²) in [6.07, 6.45) is 2.47. The van der Waals surface area contributed by atoms with E-state index in [2.05, 4.69) is 39.8 Å². The lowest BCUT2D eigenvalue weighted by atomic mass is 9.98. The number of piperidine rings is 1. The van der Waals surface area contributed by atoms with Gasteiger partial charge in [0.15, 0.2) is 0 Å². The van der Waals surface area contributed by atoms with Crippen LogP contribution in [0.5, 0.6) is 0 Å². The van der Waals surface area contributed by atoms with Crippen molar-refractivity contribution in [2.75, 3.05) is 49.1 Å². The zero-order valence-electron chi connectivity index (χ0n) is 17.6. The normalized spacial score (nSPS) is 19.0. The number of rotatable bonds is 5. The van der Waals surface area contributed by atoms with E-state index in [9.17, 15) is 9.18 Å². The van der Waals surface area contributed by atoms with Crippen molar-refractivity contribution in [3.63, 3.8) is 0 Å². The van der Waals surface area contributed by atoms with Crippen LogP contribution in [0.3, 0.4) is 0 Å². The van der Waals surface area contributed by atoms with E-state index >= 15 is 0 Å². The van der Waals surface area contributed by atoms with Gasteiger partial charge < -0.3 is 20.4 Å². The molecule has 31 heavy (non-hydrogen) atoms. The summed E-state index contributed by atoms with van der Waals surface area (Å²) in [6, 6.07) is 14.9. The van der Waals surface area contributed by atoms with E-state index in [1.165, 1.54) is 11.8 Å². The molecular formula is C24H28FN5O. The molecule has 0 radical (unpaired) electrons. The van der Waals surface area contributed by atoms with Crippen molar-refractivity contribution in [3.05, 3.63) is 48.3 Å². The molecule has 2 N–H and O–H groups in total. The number of nitriles is 1. The van der Waals surface area contributed by atoms with Crippen LogP contribution in [-0.4, -0.2) is 51.2 Å². The molecule has 2 heterocycles. The molecule has 2 aromatic rings. The maximum Gasteiger partial charge on any atom is 0.243 e. The lowest BCUT2D eigenvalue weighted by Crippen LogP contribution is -2.50. The highest BCUT2D eigenvalue weighted by molar-refractivity contribution is 5.86. The lowest BCUT2D eigenvalue weighted by molar-refractivity contribution is -0.122. The zero-order valence-corrected chi connectivity index (χ0v) is 17.6. The Bertz CT molecular complexity index is 949. The Morgan fingerprint density at radius 1 is 1.10 bits per heavy atom. The van der Waals surface area contributed by atoms with Crippen LogP contribution in [0.25, 0.3) is 11.1 Å². The van der Waals surface area contributed by atoms with Crippen LogP contribution < -0.4 is 20.4 Å². The fourth-order valence-corrected chi connectivity index (χ4v) is 4.44. The topological polar surface area (TPSA) is 71.4 Å². The molecule has 2 aliphatic heterocycles. The maximum atomic E-state index is 14.8. The fourth-order valence-electron chi connectivity index (χ4n) is 4.44. The molecule has 0 saturated carbocycles. The Balaban J connectivity index is 1.57. The van der Waals surface area contributed by atoms with Gasteiger partial charge in [0.2, 0.25) is 5.91 Å². The van der Waals surface area contributed by atoms with Gasteiger partial charge in [0.25, 0.3) is 0 Å². The minimum absolute atomic E-state index is 0.0366. The number of hydrogen-bond acceptors (Lipinski definition) is 5. The molecule has 162 valence electrons. The van der Waals surface area contributed by atoms with E-state index in [4.69, 9.17) is 5.26 Å². The number of nitrogens with one attached hydrogen (secondary N) is 2. The number of anilines is 2. The van der Waals surface area contributed by atoms with E-state index in [0.29, 0.717) is 18.7 Å². The third kappa shape index (κ3) is 4.80. The summed E-state index contributed by atoms with van der Waals surface area (Å²) >= 11 is 0. The first-order valence-electron chi connectivity index (χ1n) is 10.9. The molecule has 2 saturated heterocycles. The monoisotopic (exact) mass is 421 g/mol. The summed E-state index contributed by atoms with van der Waals surface area (Å²) in [6.45, 7) is 4.54. The third-order valence-electron chi connectivity index (χ3n) is 6.09. The lowest BCUT2D eigenvalue weighted by Gasteiger charge is -2.36. The van der Waals surface area contributed by atoms with Crippen molar-refractivity contribution in [1.82, 2.24) is 10.6 Å². The highest BCUT2D eigenvalue weighted by Gasteiger charge is 2.30. The number of halogens is 1. The second kappa shape index (κ2) is 9.80. The Labute approximate surface area is 182 Å². The molecule has 7 heteroatoms. The minimum atomic E-state index is -0.457. The summed E-state index contributed by atoms with van der Waals surface area (Å²) in [4.78, 5) is 16.8. The van der Waals surface area contributed by atoms with Crippen LogP contribution in [-0.2, 0) is 4.79 Å². The predicted molar refractivity (Wildman–Crippen MR) is 121 cm³/mol. The molecular weight excluding hydrogens is 393 g/mol. The molecule has 1 atom stereocenters. The molecule has 1 amide bonds. The van der Waals surface area contributed by atoms with Gasteiger partial charge in [0.1, 0.15) is 18.4 Å². The number of hydrogen-bond donors (Lipinski definition) is 2. The second-order valence-corrected chi connectivity index (χ2v) is 8.03. The van der Waals surface area contributed by atoms with Gasteiger partial charge in [0.05, 0.1) is 11.8 Å². The summed E-state index contributed by atoms with van der Waals surface area (Å²) in [7, 11) is 0. The molecule has 0 aromatic heterocycles. The third-order valence-corrected chi connectivity index (χ3v) is 6.09. The van der Waals surface area contributed by atoms with Crippen molar-refractivity contribution >= 4 is 17.3 Å². The molecule has 2 aliphatic rings. The van der Waals surface area contributed by atoms with E-state index < -0.39 is 6.04 Å². The van der Waals surface area contributed by atoms with Crippen LogP contribution in [0.15, 0.2) is 42.5 Å². The SMILES string of the molecule is N#CCNC(=O)C1CCCCN1c1cc(-c2ccc(N3CCNCC3)cc2)ccc1F. The molecule has 0 spiro atoms. The van der Waals surface area contributed by atoms with Gasteiger partial charge in [-0.25, -0.2) is 4.39 Å². The standard InChI is InChI=1S/C24H28FN5O/c25-21-9-6-19(18-4-7-20(8-5-18)29-15-12-27-13-16-29)17-23(21)30-14-2-1-3-22(30)24(31)28-11-10-26/h4-9,17,22,27H,1-3,11-16H2,(H,28,31). The van der Waals surface area contributed by atoms with Gasteiger partial charge in [-0.15, -0.1) is 0 Å². The average molecular weight is 422 g/mol. The Morgan fingerprint density at radius 2 is 1.84 bits per heavy atom. The molecule has 4 rings (SSSR count). The van der Waals surface area contributed by atoms with Crippen LogP contribution in [0.2, 0.25) is 0 Å². The summed E-state index contributed by atoms with van der Waals surface area (Å²) in [5, 5.41) is 14.8. The van der Waals surface area contributed by atoms with Crippen molar-refractivity contribution in [2.45, 2.75) is 25.3 Å². The zero-order chi connectivity index (χ0) is 21.6. The summed E-state index contributed by atoms with van der Waals surface area (Å²) in [5.41, 5.74) is 3.57. The van der Waals surface area contributed by atoms with E-state index in [-0.39, 0.29) is 18.3 Å². The number of carbonyl (C=O) groups is 1. The van der Waals surface area contributed by atoms with Gasteiger partial charge in [0, 0.05) is 38.4 Å². The first kappa shape index (κ1) is 21.1. The minimum Gasteiger partial charge on any atom is -0.369 e. The van der Waals surface area contributed by atoms with Crippen molar-refractivity contribution < 1.29 is 9.18 Å². The van der Waals surface area contributed by atoms with Gasteiger partial charge in [-0.05, 0) is 54.7 Å². The van der Waals surface area contributed by atoms with Crippen molar-refractivity contribution in [1.29, 1.82) is 5.26 Å². The highest BCUT2D eigenvalue weighted by Crippen LogP contribution is 2.32. The quantitative estimate of drug-likeness (QED) is 0.727. The molecule has 1 unspecified atom stereocenters. The van der Waals surface area contributed by atoms with Gasteiger partial charge >= 0.3 is 0 Å². The maximum absolute atomic E-state index is 14.8. The Morgan fingerprint density at radius 3 is 2.58 bits per heavy atom. The van der Waals surface area contributed by atoms with E-state index in [0.717, 1.165) is 50.1 Å². The molecule has 2 fully saturated rings. The Hall–Kier alpha value is -3.11. The first-order valence-corrected chi connectivity index (χ1v) is 10.9. The second-order valence-electron chi connectivity index (χ2n) is 8.03. The fraction of sp³-hybridized carbons (Fsp3) is 0.417. The summed E-state index contributed by atoms with van der Waals surface area (Å²) < 4.78 is 14.8. The van der Waals surface area contributed by atoms with Gasteiger partial charge in [-0.2, -0.15) is 5.26 Å². The van der Waals surface area contributed by atoms with Crippen LogP contribution in [0.4, 0.5) is 15.8 Å². The number of benzene rings is 2. The summed E-state index contributed by atoms with van der Waals surface area (Å²) in [5.74, 6) is -0.549. The van der Waals surface area contributed by atoms with E-state index in [1.54, 1.807) is 6.07 Å². The van der Waals surface area contributed by atoms with Crippen LogP contribution in [0.1, 0.15) is 19.3 Å². The number of piperazine rings is 1. The van der Waals surface area contributed by atoms with Gasteiger partial charge in [-0.3, -0.25) is 4.79 Å². The number of carbonyl (C=O) groups excluding carboxylic acids is 1. The number of nitrogens with zero attached hydrogens (tertiary/aromatic N) is 3. The predicted octanol–water partition coefficient (Wildman–Crippen LogP) is 2.90. The van der Waals surface area contributed by atoms with Crippen molar-refractivity contribution in [3.8, 4) is 17.2 Å².